The second-order valence-corrected chi connectivity index (χ2v) is 6.47. The van der Waals surface area contributed by atoms with Gasteiger partial charge in [0.2, 0.25) is 10.0 Å². The van der Waals surface area contributed by atoms with Gasteiger partial charge in [-0.15, -0.1) is 12.4 Å². The lowest BCUT2D eigenvalue weighted by Crippen LogP contribution is -2.39. The standard InChI is InChI=1S/C12H18N2O3S.ClH/c1-9(8-13)14(2)18(15,16)11-3-4-12-10(7-11)5-6-17-12;/h3-4,7,9H,5-6,8,13H2,1-2H3;1H. The number of ether oxygens (including phenoxy) is 1. The summed E-state index contributed by atoms with van der Waals surface area (Å²) in [4.78, 5) is 0.301. The summed E-state index contributed by atoms with van der Waals surface area (Å²) in [6, 6.07) is 4.77. The lowest BCUT2D eigenvalue weighted by Gasteiger charge is -2.23. The van der Waals surface area contributed by atoms with Gasteiger partial charge in [-0.2, -0.15) is 4.31 Å². The number of fused-ring (bicyclic) bond motifs is 1. The highest BCUT2D eigenvalue weighted by atomic mass is 35.5. The summed E-state index contributed by atoms with van der Waals surface area (Å²) in [6.07, 6.45) is 0.759. The fourth-order valence-electron chi connectivity index (χ4n) is 1.88. The summed E-state index contributed by atoms with van der Waals surface area (Å²) in [6.45, 7) is 2.70. The first kappa shape index (κ1) is 16.2. The molecule has 5 nitrogen and oxygen atoms in total. The summed E-state index contributed by atoms with van der Waals surface area (Å²) in [5.74, 6) is 0.781. The lowest BCUT2D eigenvalue weighted by molar-refractivity contribution is 0.356. The van der Waals surface area contributed by atoms with E-state index in [9.17, 15) is 8.42 Å². The number of likely N-dealkylation sites (N-methyl/N-ethyl adjacent to an activating group) is 1. The van der Waals surface area contributed by atoms with Crippen LogP contribution in [0.1, 0.15) is 12.5 Å². The number of nitrogens with two attached hydrogens (primary N) is 1. The van der Waals surface area contributed by atoms with E-state index in [1.54, 1.807) is 32.2 Å². The van der Waals surface area contributed by atoms with Gasteiger partial charge in [0.15, 0.2) is 0 Å². The average Bonchev–Trinajstić information content (AvgIpc) is 2.83. The molecule has 0 saturated carbocycles. The largest absolute Gasteiger partial charge is 0.493 e. The van der Waals surface area contributed by atoms with E-state index in [4.69, 9.17) is 10.5 Å². The summed E-state index contributed by atoms with van der Waals surface area (Å²) in [5.41, 5.74) is 6.46. The van der Waals surface area contributed by atoms with Crippen molar-refractivity contribution in [1.82, 2.24) is 4.31 Å². The van der Waals surface area contributed by atoms with Crippen LogP contribution in [0, 0.1) is 0 Å². The van der Waals surface area contributed by atoms with Crippen LogP contribution in [0.15, 0.2) is 23.1 Å². The number of sulfonamides is 1. The van der Waals surface area contributed by atoms with Crippen LogP contribution in [0.4, 0.5) is 0 Å². The first-order chi connectivity index (χ1) is 8.46. The number of nitrogens with zero attached hydrogens (tertiary/aromatic N) is 1. The van der Waals surface area contributed by atoms with Gasteiger partial charge in [-0.25, -0.2) is 8.42 Å². The molecule has 0 bridgehead atoms. The Hall–Kier alpha value is -0.820. The van der Waals surface area contributed by atoms with Gasteiger partial charge in [-0.3, -0.25) is 0 Å². The smallest absolute Gasteiger partial charge is 0.243 e. The van der Waals surface area contributed by atoms with Crippen molar-refractivity contribution in [2.75, 3.05) is 20.2 Å². The third kappa shape index (κ3) is 3.02. The molecular formula is C12H19ClN2O3S. The number of hydrogen-bond donors (Lipinski definition) is 1. The molecule has 1 aromatic carbocycles. The van der Waals surface area contributed by atoms with Crippen molar-refractivity contribution in [3.63, 3.8) is 0 Å². The Bertz CT molecular complexity index is 548. The maximum absolute atomic E-state index is 12.4. The highest BCUT2D eigenvalue weighted by Crippen LogP contribution is 2.28. The summed E-state index contributed by atoms with van der Waals surface area (Å²) < 4.78 is 31.4. The minimum atomic E-state index is -3.47. The number of benzene rings is 1. The van der Waals surface area contributed by atoms with Gasteiger partial charge in [0.25, 0.3) is 0 Å². The van der Waals surface area contributed by atoms with Crippen LogP contribution in [0.25, 0.3) is 0 Å². The van der Waals surface area contributed by atoms with E-state index in [2.05, 4.69) is 0 Å². The summed E-state index contributed by atoms with van der Waals surface area (Å²) in [5, 5.41) is 0. The Balaban J connectivity index is 0.00000180. The monoisotopic (exact) mass is 306 g/mol. The van der Waals surface area contributed by atoms with E-state index in [-0.39, 0.29) is 18.4 Å². The molecule has 0 amide bonds. The molecule has 0 aromatic heterocycles. The van der Waals surface area contributed by atoms with E-state index < -0.39 is 10.0 Å². The Morgan fingerprint density at radius 2 is 2.16 bits per heavy atom. The molecule has 1 heterocycles. The Morgan fingerprint density at radius 3 is 2.79 bits per heavy atom. The molecule has 108 valence electrons. The van der Waals surface area contributed by atoms with Gasteiger partial charge in [-0.05, 0) is 30.7 Å². The molecule has 0 saturated heterocycles. The molecule has 0 aliphatic carbocycles. The average molecular weight is 307 g/mol. The molecule has 0 radical (unpaired) electrons. The van der Waals surface area contributed by atoms with Crippen molar-refractivity contribution < 1.29 is 13.2 Å². The highest BCUT2D eigenvalue weighted by Gasteiger charge is 2.26. The van der Waals surface area contributed by atoms with E-state index >= 15 is 0 Å². The van der Waals surface area contributed by atoms with Crippen LogP contribution < -0.4 is 10.5 Å². The van der Waals surface area contributed by atoms with Crippen LogP contribution in [0.3, 0.4) is 0 Å². The normalized spacial score (nSPS) is 15.6. The second-order valence-electron chi connectivity index (χ2n) is 4.47. The van der Waals surface area contributed by atoms with Crippen LogP contribution in [-0.4, -0.2) is 39.0 Å². The highest BCUT2D eigenvalue weighted by molar-refractivity contribution is 7.89. The van der Waals surface area contributed by atoms with Crippen LogP contribution in [0.5, 0.6) is 5.75 Å². The third-order valence-electron chi connectivity index (χ3n) is 3.30. The molecule has 2 N–H and O–H groups in total. The minimum absolute atomic E-state index is 0. The van der Waals surface area contributed by atoms with Gasteiger partial charge >= 0.3 is 0 Å². The van der Waals surface area contributed by atoms with Crippen molar-refractivity contribution in [2.24, 2.45) is 5.73 Å². The maximum atomic E-state index is 12.4. The predicted octanol–water partition coefficient (Wildman–Crippen LogP) is 1.01. The maximum Gasteiger partial charge on any atom is 0.243 e. The van der Waals surface area contributed by atoms with E-state index in [1.165, 1.54) is 4.31 Å². The van der Waals surface area contributed by atoms with Gasteiger partial charge < -0.3 is 10.5 Å². The second kappa shape index (κ2) is 6.09. The molecule has 2 rings (SSSR count). The first-order valence-electron chi connectivity index (χ1n) is 5.90. The molecule has 0 spiro atoms. The van der Waals surface area contributed by atoms with Crippen molar-refractivity contribution in [1.29, 1.82) is 0 Å². The quantitative estimate of drug-likeness (QED) is 0.901. The number of rotatable bonds is 4. The molecule has 19 heavy (non-hydrogen) atoms. The van der Waals surface area contributed by atoms with Crippen LogP contribution in [-0.2, 0) is 16.4 Å². The van der Waals surface area contributed by atoms with Crippen molar-refractivity contribution in [3.05, 3.63) is 23.8 Å². The molecule has 1 unspecified atom stereocenters. The fourth-order valence-corrected chi connectivity index (χ4v) is 3.30. The minimum Gasteiger partial charge on any atom is -0.493 e. The third-order valence-corrected chi connectivity index (χ3v) is 5.27. The molecule has 7 heteroatoms. The van der Waals surface area contributed by atoms with Crippen molar-refractivity contribution >= 4 is 22.4 Å². The number of halogens is 1. The first-order valence-corrected chi connectivity index (χ1v) is 7.34. The summed E-state index contributed by atoms with van der Waals surface area (Å²) >= 11 is 0. The fraction of sp³-hybridized carbons (Fsp3) is 0.500. The van der Waals surface area contributed by atoms with E-state index in [0.717, 1.165) is 17.7 Å². The van der Waals surface area contributed by atoms with E-state index in [0.29, 0.717) is 18.0 Å². The topological polar surface area (TPSA) is 72.6 Å². The summed E-state index contributed by atoms with van der Waals surface area (Å²) in [7, 11) is -1.92. The van der Waals surface area contributed by atoms with Crippen molar-refractivity contribution in [2.45, 2.75) is 24.3 Å². The zero-order chi connectivity index (χ0) is 13.3. The zero-order valence-electron chi connectivity index (χ0n) is 11.0. The van der Waals surface area contributed by atoms with Crippen LogP contribution in [0.2, 0.25) is 0 Å². The molecular weight excluding hydrogens is 288 g/mol. The van der Waals surface area contributed by atoms with E-state index in [1.807, 2.05) is 0 Å². The molecule has 1 aliphatic heterocycles. The molecule has 1 aliphatic rings. The van der Waals surface area contributed by atoms with Gasteiger partial charge in [-0.1, -0.05) is 0 Å². The van der Waals surface area contributed by atoms with Gasteiger partial charge in [0.05, 0.1) is 11.5 Å². The molecule has 1 atom stereocenters. The Morgan fingerprint density at radius 1 is 1.47 bits per heavy atom. The zero-order valence-corrected chi connectivity index (χ0v) is 12.6. The van der Waals surface area contributed by atoms with Gasteiger partial charge in [0, 0.05) is 26.1 Å². The predicted molar refractivity (Wildman–Crippen MR) is 76.4 cm³/mol. The molecule has 1 aromatic rings. The SMILES string of the molecule is CC(CN)N(C)S(=O)(=O)c1ccc2c(c1)CCO2.Cl. The Kier molecular flexibility index (Phi) is 5.20. The Labute approximate surface area is 120 Å². The van der Waals surface area contributed by atoms with Crippen molar-refractivity contribution in [3.8, 4) is 5.75 Å². The lowest BCUT2D eigenvalue weighted by atomic mass is 10.2. The molecule has 0 fully saturated rings. The van der Waals surface area contributed by atoms with Gasteiger partial charge in [0.1, 0.15) is 5.75 Å². The van der Waals surface area contributed by atoms with Crippen LogP contribution >= 0.6 is 12.4 Å². The number of hydrogen-bond acceptors (Lipinski definition) is 4.